The van der Waals surface area contributed by atoms with E-state index in [0.29, 0.717) is 6.54 Å². The van der Waals surface area contributed by atoms with Gasteiger partial charge in [-0.25, -0.2) is 13.1 Å². The zero-order valence-electron chi connectivity index (χ0n) is 12.6. The maximum absolute atomic E-state index is 12.3. The van der Waals surface area contributed by atoms with Gasteiger partial charge in [0.25, 0.3) is 0 Å². The van der Waals surface area contributed by atoms with Crippen LogP contribution in [0.1, 0.15) is 31.9 Å². The summed E-state index contributed by atoms with van der Waals surface area (Å²) in [7, 11) is 0.348. The second-order valence-corrected chi connectivity index (χ2v) is 7.02. The van der Waals surface area contributed by atoms with Gasteiger partial charge in [-0.3, -0.25) is 0 Å². The molecule has 0 heterocycles. The maximum atomic E-state index is 12.3. The Morgan fingerprint density at radius 2 is 2.00 bits per heavy atom. The highest BCUT2D eigenvalue weighted by atomic mass is 32.2. The van der Waals surface area contributed by atoms with Gasteiger partial charge in [0.1, 0.15) is 0 Å². The van der Waals surface area contributed by atoms with Crippen molar-refractivity contribution >= 4 is 10.0 Å². The first-order valence-corrected chi connectivity index (χ1v) is 8.28. The number of hydrogen-bond acceptors (Lipinski definition) is 4. The third-order valence-corrected chi connectivity index (χ3v) is 4.91. The predicted octanol–water partition coefficient (Wildman–Crippen LogP) is 1.32. The first-order chi connectivity index (χ1) is 9.27. The van der Waals surface area contributed by atoms with Gasteiger partial charge in [-0.05, 0) is 45.1 Å². The lowest BCUT2D eigenvalue weighted by molar-refractivity contribution is 0.314. The van der Waals surface area contributed by atoms with E-state index >= 15 is 0 Å². The molecule has 114 valence electrons. The van der Waals surface area contributed by atoms with Crippen molar-refractivity contribution in [3.05, 3.63) is 29.8 Å². The van der Waals surface area contributed by atoms with Gasteiger partial charge in [0, 0.05) is 18.6 Å². The topological polar surface area (TPSA) is 75.4 Å². The third-order valence-electron chi connectivity index (χ3n) is 3.49. The number of rotatable bonds is 7. The molecule has 5 nitrogen and oxygen atoms in total. The largest absolute Gasteiger partial charge is 0.324 e. The molecule has 0 radical (unpaired) electrons. The van der Waals surface area contributed by atoms with Crippen LogP contribution in [0.25, 0.3) is 0 Å². The third kappa shape index (κ3) is 4.56. The summed E-state index contributed by atoms with van der Waals surface area (Å²) in [6, 6.07) is 6.83. The van der Waals surface area contributed by atoms with Crippen LogP contribution in [0.3, 0.4) is 0 Å². The van der Waals surface area contributed by atoms with E-state index in [0.717, 1.165) is 12.0 Å². The number of nitrogens with zero attached hydrogens (tertiary/aromatic N) is 1. The molecule has 0 aromatic heterocycles. The van der Waals surface area contributed by atoms with Crippen LogP contribution in [-0.2, 0) is 10.0 Å². The molecule has 1 rings (SSSR count). The fourth-order valence-electron chi connectivity index (χ4n) is 1.64. The van der Waals surface area contributed by atoms with Crippen molar-refractivity contribution in [2.24, 2.45) is 5.73 Å². The summed E-state index contributed by atoms with van der Waals surface area (Å²) in [5.74, 6) is 0. The van der Waals surface area contributed by atoms with E-state index in [9.17, 15) is 8.42 Å². The van der Waals surface area contributed by atoms with Gasteiger partial charge < -0.3 is 10.6 Å². The van der Waals surface area contributed by atoms with Crippen molar-refractivity contribution in [3.63, 3.8) is 0 Å². The summed E-state index contributed by atoms with van der Waals surface area (Å²) < 4.78 is 27.1. The zero-order chi connectivity index (χ0) is 15.3. The number of hydrogen-bond donors (Lipinski definition) is 2. The number of likely N-dealkylation sites (N-methyl/N-ethyl adjacent to an activating group) is 1. The Morgan fingerprint density at radius 1 is 1.35 bits per heavy atom. The van der Waals surface area contributed by atoms with E-state index in [4.69, 9.17) is 5.73 Å². The monoisotopic (exact) mass is 299 g/mol. The summed E-state index contributed by atoms with van der Waals surface area (Å²) in [6.07, 6.45) is 0.772. The molecule has 0 saturated carbocycles. The molecule has 20 heavy (non-hydrogen) atoms. The van der Waals surface area contributed by atoms with Crippen LogP contribution >= 0.6 is 0 Å². The second-order valence-electron chi connectivity index (χ2n) is 5.25. The molecule has 0 bridgehead atoms. The van der Waals surface area contributed by atoms with Crippen molar-refractivity contribution in [1.29, 1.82) is 0 Å². The standard InChI is InChI=1S/C14H25N3O2S/c1-5-14(15)12-7-6-8-13(9-12)20(18,19)16-10-11(2)17(3)4/h6-9,11,14,16H,5,10,15H2,1-4H3. The second kappa shape index (κ2) is 7.17. The number of nitrogens with one attached hydrogen (secondary N) is 1. The molecule has 6 heteroatoms. The lowest BCUT2D eigenvalue weighted by Crippen LogP contribution is -2.38. The van der Waals surface area contributed by atoms with Crippen molar-refractivity contribution in [2.75, 3.05) is 20.6 Å². The zero-order valence-corrected chi connectivity index (χ0v) is 13.4. The Morgan fingerprint density at radius 3 is 2.55 bits per heavy atom. The van der Waals surface area contributed by atoms with Crippen molar-refractivity contribution in [1.82, 2.24) is 9.62 Å². The van der Waals surface area contributed by atoms with Crippen molar-refractivity contribution in [2.45, 2.75) is 37.2 Å². The average molecular weight is 299 g/mol. The highest BCUT2D eigenvalue weighted by molar-refractivity contribution is 7.89. The van der Waals surface area contributed by atoms with Crippen LogP contribution in [0.2, 0.25) is 0 Å². The minimum atomic E-state index is -3.49. The number of sulfonamides is 1. The number of benzene rings is 1. The van der Waals surface area contributed by atoms with Gasteiger partial charge in [-0.1, -0.05) is 19.1 Å². The summed E-state index contributed by atoms with van der Waals surface area (Å²) in [4.78, 5) is 2.23. The quantitative estimate of drug-likeness (QED) is 0.796. The molecule has 2 unspecified atom stereocenters. The fourth-order valence-corrected chi connectivity index (χ4v) is 2.82. The molecule has 0 spiro atoms. The molecular weight excluding hydrogens is 274 g/mol. The molecule has 0 fully saturated rings. The smallest absolute Gasteiger partial charge is 0.240 e. The number of nitrogens with two attached hydrogens (primary N) is 1. The van der Waals surface area contributed by atoms with E-state index in [-0.39, 0.29) is 17.0 Å². The summed E-state index contributed by atoms with van der Waals surface area (Å²) >= 11 is 0. The van der Waals surface area contributed by atoms with E-state index in [1.165, 1.54) is 0 Å². The Kier molecular flexibility index (Phi) is 6.13. The Labute approximate surface area is 122 Å². The predicted molar refractivity (Wildman–Crippen MR) is 82.0 cm³/mol. The molecule has 1 aromatic carbocycles. The SMILES string of the molecule is CCC(N)c1cccc(S(=O)(=O)NCC(C)N(C)C)c1. The normalized spacial score (nSPS) is 15.3. The van der Waals surface area contributed by atoms with Crippen LogP contribution in [-0.4, -0.2) is 40.0 Å². The van der Waals surface area contributed by atoms with Gasteiger partial charge in [-0.2, -0.15) is 0 Å². The molecule has 3 N–H and O–H groups in total. The first-order valence-electron chi connectivity index (χ1n) is 6.79. The van der Waals surface area contributed by atoms with Gasteiger partial charge >= 0.3 is 0 Å². The first kappa shape index (κ1) is 17.1. The van der Waals surface area contributed by atoms with E-state index in [1.54, 1.807) is 18.2 Å². The Bertz CT molecular complexity index is 529. The Hall–Kier alpha value is -0.950. The minimum absolute atomic E-state index is 0.130. The summed E-state index contributed by atoms with van der Waals surface area (Å²) in [5.41, 5.74) is 6.79. The average Bonchev–Trinajstić information content (AvgIpc) is 2.43. The fraction of sp³-hybridized carbons (Fsp3) is 0.571. The van der Waals surface area contributed by atoms with E-state index < -0.39 is 10.0 Å². The molecular formula is C14H25N3O2S. The molecule has 0 aliphatic rings. The molecule has 0 aliphatic carbocycles. The van der Waals surface area contributed by atoms with Crippen molar-refractivity contribution < 1.29 is 8.42 Å². The molecule has 1 aromatic rings. The van der Waals surface area contributed by atoms with Crippen LogP contribution in [0, 0.1) is 0 Å². The van der Waals surface area contributed by atoms with Gasteiger partial charge in [0.2, 0.25) is 10.0 Å². The van der Waals surface area contributed by atoms with Crippen LogP contribution in [0.5, 0.6) is 0 Å². The Balaban J connectivity index is 2.87. The highest BCUT2D eigenvalue weighted by Gasteiger charge is 2.17. The molecule has 0 aliphatic heterocycles. The van der Waals surface area contributed by atoms with Gasteiger partial charge in [0.15, 0.2) is 0 Å². The summed E-state index contributed by atoms with van der Waals surface area (Å²) in [6.45, 7) is 4.31. The molecule has 0 saturated heterocycles. The van der Waals surface area contributed by atoms with E-state index in [1.807, 2.05) is 38.9 Å². The van der Waals surface area contributed by atoms with E-state index in [2.05, 4.69) is 4.72 Å². The minimum Gasteiger partial charge on any atom is -0.324 e. The highest BCUT2D eigenvalue weighted by Crippen LogP contribution is 2.18. The van der Waals surface area contributed by atoms with Gasteiger partial charge in [0.05, 0.1) is 4.90 Å². The summed E-state index contributed by atoms with van der Waals surface area (Å²) in [5, 5.41) is 0. The lowest BCUT2D eigenvalue weighted by atomic mass is 10.1. The van der Waals surface area contributed by atoms with Crippen LogP contribution in [0.4, 0.5) is 0 Å². The maximum Gasteiger partial charge on any atom is 0.240 e. The van der Waals surface area contributed by atoms with Crippen LogP contribution in [0.15, 0.2) is 29.2 Å². The molecule has 2 atom stereocenters. The lowest BCUT2D eigenvalue weighted by Gasteiger charge is -2.20. The van der Waals surface area contributed by atoms with Crippen molar-refractivity contribution in [3.8, 4) is 0 Å². The van der Waals surface area contributed by atoms with Crippen LogP contribution < -0.4 is 10.5 Å². The van der Waals surface area contributed by atoms with Gasteiger partial charge in [-0.15, -0.1) is 0 Å². The molecule has 0 amide bonds.